The van der Waals surface area contributed by atoms with Gasteiger partial charge in [0.2, 0.25) is 5.88 Å². The van der Waals surface area contributed by atoms with Crippen molar-refractivity contribution in [2.75, 3.05) is 0 Å². The minimum absolute atomic E-state index is 0.528. The Morgan fingerprint density at radius 3 is 2.52 bits per heavy atom. The maximum atomic E-state index is 6.06. The highest BCUT2D eigenvalue weighted by molar-refractivity contribution is 6.31. The quantitative estimate of drug-likeness (QED) is 0.686. The molecule has 0 fully saturated rings. The number of nitrogens with zero attached hydrogens (tertiary/aromatic N) is 3. The normalized spacial score (nSPS) is 10.6. The van der Waals surface area contributed by atoms with Gasteiger partial charge in [-0.15, -0.1) is 0 Å². The third-order valence-corrected chi connectivity index (χ3v) is 4.01. The molecule has 1 aromatic carbocycles. The number of benzene rings is 1. The summed E-state index contributed by atoms with van der Waals surface area (Å²) in [6, 6.07) is 11.2. The molecule has 2 aromatic heterocycles. The maximum absolute atomic E-state index is 6.06. The van der Waals surface area contributed by atoms with Crippen LogP contribution in [-0.4, -0.2) is 15.0 Å². The standard InChI is InChI=1S/C18H16ClN3O/c1-11-10-14(7-8-15(11)19)23-18-12(2)13(3)21-17(22-18)16-6-4-5-9-20-16/h4-10H,1-3H3. The molecule has 0 aliphatic rings. The Bertz CT molecular complexity index is 850. The molecule has 0 bridgehead atoms. The summed E-state index contributed by atoms with van der Waals surface area (Å²) in [4.78, 5) is 13.3. The molecule has 0 spiro atoms. The zero-order valence-corrected chi connectivity index (χ0v) is 13.9. The van der Waals surface area contributed by atoms with E-state index in [0.717, 1.165) is 16.8 Å². The summed E-state index contributed by atoms with van der Waals surface area (Å²) < 4.78 is 5.95. The minimum atomic E-state index is 0.528. The van der Waals surface area contributed by atoms with Crippen molar-refractivity contribution in [1.82, 2.24) is 15.0 Å². The van der Waals surface area contributed by atoms with Gasteiger partial charge in [0, 0.05) is 22.5 Å². The minimum Gasteiger partial charge on any atom is -0.439 e. The molecule has 0 saturated carbocycles. The lowest BCUT2D eigenvalue weighted by Crippen LogP contribution is -2.01. The number of ether oxygens (including phenoxy) is 1. The fourth-order valence-corrected chi connectivity index (χ4v) is 2.22. The first-order chi connectivity index (χ1) is 11.0. The van der Waals surface area contributed by atoms with E-state index in [1.54, 1.807) is 6.20 Å². The van der Waals surface area contributed by atoms with Gasteiger partial charge in [-0.1, -0.05) is 17.7 Å². The number of hydrogen-bond donors (Lipinski definition) is 0. The van der Waals surface area contributed by atoms with Gasteiger partial charge in [-0.2, -0.15) is 4.98 Å². The van der Waals surface area contributed by atoms with E-state index in [-0.39, 0.29) is 0 Å². The first-order valence-corrected chi connectivity index (χ1v) is 7.63. The molecule has 23 heavy (non-hydrogen) atoms. The summed E-state index contributed by atoms with van der Waals surface area (Å²) in [6.45, 7) is 5.81. The summed E-state index contributed by atoms with van der Waals surface area (Å²) in [5, 5.41) is 0.710. The molecule has 0 aliphatic carbocycles. The molecular formula is C18H16ClN3O. The van der Waals surface area contributed by atoms with E-state index in [1.807, 2.05) is 57.2 Å². The van der Waals surface area contributed by atoms with Crippen LogP contribution >= 0.6 is 11.6 Å². The van der Waals surface area contributed by atoms with Crippen LogP contribution in [0.1, 0.15) is 16.8 Å². The average molecular weight is 326 g/mol. The molecule has 3 aromatic rings. The Kier molecular flexibility index (Phi) is 4.26. The second-order valence-electron chi connectivity index (χ2n) is 5.29. The third-order valence-electron chi connectivity index (χ3n) is 3.58. The first kappa shape index (κ1) is 15.4. The molecule has 0 saturated heterocycles. The summed E-state index contributed by atoms with van der Waals surface area (Å²) in [6.07, 6.45) is 1.72. The van der Waals surface area contributed by atoms with E-state index in [0.29, 0.717) is 28.2 Å². The van der Waals surface area contributed by atoms with E-state index in [9.17, 15) is 0 Å². The van der Waals surface area contributed by atoms with Crippen molar-refractivity contribution in [2.45, 2.75) is 20.8 Å². The van der Waals surface area contributed by atoms with E-state index in [4.69, 9.17) is 16.3 Å². The van der Waals surface area contributed by atoms with Gasteiger partial charge in [0.05, 0.1) is 0 Å². The molecule has 0 aliphatic heterocycles. The number of aryl methyl sites for hydroxylation is 2. The fraction of sp³-hybridized carbons (Fsp3) is 0.167. The smallest absolute Gasteiger partial charge is 0.226 e. The summed E-state index contributed by atoms with van der Waals surface area (Å²) >= 11 is 6.06. The Hall–Kier alpha value is -2.46. The monoisotopic (exact) mass is 325 g/mol. The van der Waals surface area contributed by atoms with E-state index >= 15 is 0 Å². The van der Waals surface area contributed by atoms with Crippen LogP contribution in [0.15, 0.2) is 42.6 Å². The van der Waals surface area contributed by atoms with Gasteiger partial charge in [0.15, 0.2) is 5.82 Å². The molecule has 4 nitrogen and oxygen atoms in total. The average Bonchev–Trinajstić information content (AvgIpc) is 2.56. The molecule has 0 amide bonds. The van der Waals surface area contributed by atoms with Gasteiger partial charge in [-0.3, -0.25) is 4.98 Å². The van der Waals surface area contributed by atoms with E-state index in [1.165, 1.54) is 0 Å². The molecule has 3 rings (SSSR count). The summed E-state index contributed by atoms with van der Waals surface area (Å²) in [7, 11) is 0. The predicted octanol–water partition coefficient (Wildman–Crippen LogP) is 4.91. The van der Waals surface area contributed by atoms with Crippen LogP contribution in [0.4, 0.5) is 0 Å². The van der Waals surface area contributed by atoms with Crippen LogP contribution in [0.3, 0.4) is 0 Å². The maximum Gasteiger partial charge on any atom is 0.226 e. The number of hydrogen-bond acceptors (Lipinski definition) is 4. The van der Waals surface area contributed by atoms with Crippen molar-refractivity contribution >= 4 is 11.6 Å². The second kappa shape index (κ2) is 6.34. The van der Waals surface area contributed by atoms with Gasteiger partial charge in [-0.05, 0) is 56.7 Å². The van der Waals surface area contributed by atoms with Gasteiger partial charge in [0.25, 0.3) is 0 Å². The molecule has 0 radical (unpaired) electrons. The van der Waals surface area contributed by atoms with E-state index < -0.39 is 0 Å². The zero-order valence-electron chi connectivity index (χ0n) is 13.2. The van der Waals surface area contributed by atoms with Gasteiger partial charge in [0.1, 0.15) is 11.4 Å². The van der Waals surface area contributed by atoms with Gasteiger partial charge in [-0.25, -0.2) is 4.98 Å². The van der Waals surface area contributed by atoms with Crippen LogP contribution in [-0.2, 0) is 0 Å². The number of pyridine rings is 1. The fourth-order valence-electron chi connectivity index (χ4n) is 2.10. The highest BCUT2D eigenvalue weighted by Crippen LogP contribution is 2.29. The van der Waals surface area contributed by atoms with Crippen molar-refractivity contribution in [2.24, 2.45) is 0 Å². The lowest BCUT2D eigenvalue weighted by Gasteiger charge is -2.12. The molecule has 2 heterocycles. The van der Waals surface area contributed by atoms with Crippen molar-refractivity contribution in [3.63, 3.8) is 0 Å². The number of aromatic nitrogens is 3. The van der Waals surface area contributed by atoms with Crippen LogP contribution in [0.2, 0.25) is 5.02 Å². The van der Waals surface area contributed by atoms with Crippen molar-refractivity contribution in [3.8, 4) is 23.1 Å². The molecule has 0 unspecified atom stereocenters. The summed E-state index contributed by atoms with van der Waals surface area (Å²) in [5.41, 5.74) is 3.43. The van der Waals surface area contributed by atoms with Gasteiger partial charge < -0.3 is 4.74 Å². The number of halogens is 1. The van der Waals surface area contributed by atoms with Crippen LogP contribution < -0.4 is 4.74 Å². The topological polar surface area (TPSA) is 47.9 Å². The van der Waals surface area contributed by atoms with Crippen LogP contribution in [0, 0.1) is 20.8 Å². The highest BCUT2D eigenvalue weighted by Gasteiger charge is 2.12. The van der Waals surface area contributed by atoms with Gasteiger partial charge >= 0.3 is 0 Å². The second-order valence-corrected chi connectivity index (χ2v) is 5.70. The molecule has 0 atom stereocenters. The first-order valence-electron chi connectivity index (χ1n) is 7.25. The SMILES string of the molecule is Cc1cc(Oc2nc(-c3ccccn3)nc(C)c2C)ccc1Cl. The largest absolute Gasteiger partial charge is 0.439 e. The van der Waals surface area contributed by atoms with Crippen molar-refractivity contribution < 1.29 is 4.74 Å². The molecule has 116 valence electrons. The highest BCUT2D eigenvalue weighted by atomic mass is 35.5. The van der Waals surface area contributed by atoms with Crippen LogP contribution in [0.25, 0.3) is 11.5 Å². The Morgan fingerprint density at radius 1 is 1.00 bits per heavy atom. The number of rotatable bonds is 3. The lowest BCUT2D eigenvalue weighted by atomic mass is 10.2. The predicted molar refractivity (Wildman–Crippen MR) is 91.0 cm³/mol. The lowest BCUT2D eigenvalue weighted by molar-refractivity contribution is 0.457. The Labute approximate surface area is 140 Å². The molecule has 5 heteroatoms. The van der Waals surface area contributed by atoms with E-state index in [2.05, 4.69) is 15.0 Å². The van der Waals surface area contributed by atoms with Crippen molar-refractivity contribution in [1.29, 1.82) is 0 Å². The summed E-state index contributed by atoms with van der Waals surface area (Å²) in [5.74, 6) is 1.77. The van der Waals surface area contributed by atoms with Crippen LogP contribution in [0.5, 0.6) is 11.6 Å². The molecular weight excluding hydrogens is 310 g/mol. The third kappa shape index (κ3) is 3.32. The molecule has 0 N–H and O–H groups in total. The Morgan fingerprint density at radius 2 is 1.83 bits per heavy atom. The van der Waals surface area contributed by atoms with Crippen molar-refractivity contribution in [3.05, 3.63) is 64.4 Å². The zero-order chi connectivity index (χ0) is 16.4. The Balaban J connectivity index is 2.01.